The van der Waals surface area contributed by atoms with Crippen molar-refractivity contribution in [2.75, 3.05) is 0 Å². The number of rotatable bonds is 2. The first-order valence-corrected chi connectivity index (χ1v) is 6.05. The Morgan fingerprint density at radius 2 is 2.28 bits per heavy atom. The van der Waals surface area contributed by atoms with Crippen molar-refractivity contribution in [2.24, 2.45) is 11.8 Å². The zero-order valence-electron chi connectivity index (χ0n) is 10.0. The molecule has 0 spiro atoms. The highest BCUT2D eigenvalue weighted by Gasteiger charge is 2.40. The maximum Gasteiger partial charge on any atom is 0.307 e. The molecule has 1 aliphatic rings. The maximum absolute atomic E-state index is 11.3. The summed E-state index contributed by atoms with van der Waals surface area (Å²) >= 11 is 0. The third kappa shape index (κ3) is 1.64. The molecule has 1 N–H and O–H groups in total. The van der Waals surface area contributed by atoms with Gasteiger partial charge in [-0.3, -0.25) is 9.20 Å². The summed E-state index contributed by atoms with van der Waals surface area (Å²) in [6.07, 6.45) is 5.03. The lowest BCUT2D eigenvalue weighted by molar-refractivity contribution is -0.142. The van der Waals surface area contributed by atoms with E-state index < -0.39 is 5.97 Å². The lowest BCUT2D eigenvalue weighted by Crippen LogP contribution is -2.18. The molecule has 1 fully saturated rings. The second kappa shape index (κ2) is 4.04. The maximum atomic E-state index is 11.3. The predicted octanol–water partition coefficient (Wildman–Crippen LogP) is 1.34. The first kappa shape index (κ1) is 11.1. The molecule has 0 saturated heterocycles. The van der Waals surface area contributed by atoms with Gasteiger partial charge in [0.1, 0.15) is 5.82 Å². The molecule has 1 saturated carbocycles. The smallest absolute Gasteiger partial charge is 0.307 e. The molecule has 94 valence electrons. The van der Waals surface area contributed by atoms with Crippen LogP contribution in [0, 0.1) is 11.8 Å². The van der Waals surface area contributed by atoms with Gasteiger partial charge in [-0.15, -0.1) is 10.2 Å². The highest BCUT2D eigenvalue weighted by molar-refractivity contribution is 5.71. The van der Waals surface area contributed by atoms with Gasteiger partial charge in [-0.1, -0.05) is 6.92 Å². The van der Waals surface area contributed by atoms with Crippen molar-refractivity contribution < 1.29 is 9.90 Å². The van der Waals surface area contributed by atoms with E-state index in [1.807, 2.05) is 6.20 Å². The van der Waals surface area contributed by atoms with Gasteiger partial charge in [-0.05, 0) is 24.8 Å². The third-order valence-electron chi connectivity index (χ3n) is 3.66. The van der Waals surface area contributed by atoms with Gasteiger partial charge in [0, 0.05) is 18.3 Å². The number of carboxylic acids is 1. The highest BCUT2D eigenvalue weighted by atomic mass is 16.4. The quantitative estimate of drug-likeness (QED) is 0.864. The Morgan fingerprint density at radius 1 is 1.44 bits per heavy atom. The Morgan fingerprint density at radius 3 is 3.06 bits per heavy atom. The standard InChI is InChI=1S/C12H14N4O2/c1-7-5-8(9(6-7)11(17)18)10-14-15-12-13-3-2-4-16(10)12/h2-4,7-9H,5-6H2,1H3,(H,17,18). The highest BCUT2D eigenvalue weighted by Crippen LogP contribution is 2.42. The van der Waals surface area contributed by atoms with E-state index in [-0.39, 0.29) is 11.8 Å². The van der Waals surface area contributed by atoms with Gasteiger partial charge in [-0.25, -0.2) is 4.98 Å². The first-order valence-electron chi connectivity index (χ1n) is 6.05. The van der Waals surface area contributed by atoms with Crippen LogP contribution in [0.3, 0.4) is 0 Å². The number of hydrogen-bond donors (Lipinski definition) is 1. The number of aromatic nitrogens is 4. The van der Waals surface area contributed by atoms with E-state index in [1.165, 1.54) is 0 Å². The number of aliphatic carboxylic acids is 1. The van der Waals surface area contributed by atoms with Crippen molar-refractivity contribution in [3.8, 4) is 0 Å². The molecule has 6 heteroatoms. The van der Waals surface area contributed by atoms with Crippen molar-refractivity contribution in [1.29, 1.82) is 0 Å². The third-order valence-corrected chi connectivity index (χ3v) is 3.66. The number of carboxylic acid groups (broad SMARTS) is 1. The SMILES string of the molecule is CC1CC(C(=O)O)C(c2nnc3ncccn23)C1. The van der Waals surface area contributed by atoms with E-state index in [4.69, 9.17) is 0 Å². The molecule has 2 aromatic rings. The molecule has 0 bridgehead atoms. The van der Waals surface area contributed by atoms with Crippen LogP contribution < -0.4 is 0 Å². The molecule has 1 aliphatic carbocycles. The summed E-state index contributed by atoms with van der Waals surface area (Å²) in [4.78, 5) is 15.4. The number of fused-ring (bicyclic) bond motifs is 1. The predicted molar refractivity (Wildman–Crippen MR) is 63.0 cm³/mol. The van der Waals surface area contributed by atoms with Crippen LogP contribution in [0.25, 0.3) is 5.78 Å². The van der Waals surface area contributed by atoms with Crippen LogP contribution in [-0.4, -0.2) is 30.7 Å². The van der Waals surface area contributed by atoms with Gasteiger partial charge in [0.05, 0.1) is 5.92 Å². The molecule has 3 rings (SSSR count). The number of hydrogen-bond acceptors (Lipinski definition) is 4. The van der Waals surface area contributed by atoms with E-state index in [0.717, 1.165) is 12.2 Å². The minimum Gasteiger partial charge on any atom is -0.481 e. The Balaban J connectivity index is 2.05. The number of nitrogens with zero attached hydrogens (tertiary/aromatic N) is 4. The van der Waals surface area contributed by atoms with E-state index in [1.54, 1.807) is 16.7 Å². The fourth-order valence-electron chi connectivity index (χ4n) is 2.86. The van der Waals surface area contributed by atoms with E-state index in [9.17, 15) is 9.90 Å². The molecule has 6 nitrogen and oxygen atoms in total. The molecule has 0 radical (unpaired) electrons. The molecular weight excluding hydrogens is 232 g/mol. The Hall–Kier alpha value is -1.98. The van der Waals surface area contributed by atoms with Gasteiger partial charge in [0.2, 0.25) is 0 Å². The molecular formula is C12H14N4O2. The minimum atomic E-state index is -0.745. The van der Waals surface area contributed by atoms with Crippen molar-refractivity contribution >= 4 is 11.7 Å². The average Bonchev–Trinajstić information content (AvgIpc) is 2.92. The normalized spacial score (nSPS) is 27.7. The lowest BCUT2D eigenvalue weighted by atomic mass is 9.95. The van der Waals surface area contributed by atoms with Crippen molar-refractivity contribution in [3.63, 3.8) is 0 Å². The van der Waals surface area contributed by atoms with Crippen LogP contribution in [-0.2, 0) is 4.79 Å². The van der Waals surface area contributed by atoms with Crippen LogP contribution in [0.2, 0.25) is 0 Å². The van der Waals surface area contributed by atoms with Crippen LogP contribution in [0.1, 0.15) is 31.5 Å². The van der Waals surface area contributed by atoms with Gasteiger partial charge >= 0.3 is 5.97 Å². The van der Waals surface area contributed by atoms with E-state index >= 15 is 0 Å². The van der Waals surface area contributed by atoms with Gasteiger partial charge in [0.25, 0.3) is 5.78 Å². The van der Waals surface area contributed by atoms with Crippen LogP contribution in [0.15, 0.2) is 18.5 Å². The Kier molecular flexibility index (Phi) is 2.50. The van der Waals surface area contributed by atoms with E-state index in [0.29, 0.717) is 18.1 Å². The largest absolute Gasteiger partial charge is 0.481 e. The summed E-state index contributed by atoms with van der Waals surface area (Å²) in [5.41, 5.74) is 0. The minimum absolute atomic E-state index is 0.0725. The zero-order chi connectivity index (χ0) is 12.7. The fraction of sp³-hybridized carbons (Fsp3) is 0.500. The van der Waals surface area contributed by atoms with Crippen LogP contribution in [0.5, 0.6) is 0 Å². The summed E-state index contributed by atoms with van der Waals surface area (Å²) in [6.45, 7) is 2.08. The van der Waals surface area contributed by atoms with Crippen LogP contribution in [0.4, 0.5) is 0 Å². The van der Waals surface area contributed by atoms with Crippen LogP contribution >= 0.6 is 0 Å². The lowest BCUT2D eigenvalue weighted by Gasteiger charge is -2.13. The summed E-state index contributed by atoms with van der Waals surface area (Å²) in [5, 5.41) is 17.4. The molecule has 2 aromatic heterocycles. The molecule has 0 aromatic carbocycles. The van der Waals surface area contributed by atoms with Crippen molar-refractivity contribution in [2.45, 2.75) is 25.7 Å². The number of carbonyl (C=O) groups is 1. The molecule has 0 amide bonds. The zero-order valence-corrected chi connectivity index (χ0v) is 10.0. The summed E-state index contributed by atoms with van der Waals surface area (Å²) in [7, 11) is 0. The second-order valence-electron chi connectivity index (χ2n) is 4.98. The summed E-state index contributed by atoms with van der Waals surface area (Å²) < 4.78 is 1.79. The topological polar surface area (TPSA) is 80.4 Å². The molecule has 3 atom stereocenters. The first-order chi connectivity index (χ1) is 8.66. The van der Waals surface area contributed by atoms with Gasteiger partial charge < -0.3 is 5.11 Å². The molecule has 3 unspecified atom stereocenters. The van der Waals surface area contributed by atoms with Crippen molar-refractivity contribution in [3.05, 3.63) is 24.3 Å². The molecule has 18 heavy (non-hydrogen) atoms. The molecule has 0 aliphatic heterocycles. The summed E-state index contributed by atoms with van der Waals surface area (Å²) in [6, 6.07) is 1.80. The molecule has 2 heterocycles. The van der Waals surface area contributed by atoms with E-state index in [2.05, 4.69) is 22.1 Å². The van der Waals surface area contributed by atoms with Gasteiger partial charge in [-0.2, -0.15) is 0 Å². The average molecular weight is 246 g/mol. The Bertz CT molecular complexity index is 595. The Labute approximate surface area is 104 Å². The summed E-state index contributed by atoms with van der Waals surface area (Å²) in [5.74, 6) is 0.459. The monoisotopic (exact) mass is 246 g/mol. The second-order valence-corrected chi connectivity index (χ2v) is 4.98. The fourth-order valence-corrected chi connectivity index (χ4v) is 2.86. The van der Waals surface area contributed by atoms with Crippen molar-refractivity contribution in [1.82, 2.24) is 19.6 Å². The van der Waals surface area contributed by atoms with Gasteiger partial charge in [0.15, 0.2) is 0 Å².